The van der Waals surface area contributed by atoms with Crippen molar-refractivity contribution in [2.75, 3.05) is 20.2 Å². The number of carbonyl (C=O) groups excluding carboxylic acids is 2. The quantitative estimate of drug-likeness (QED) is 0.443. The minimum atomic E-state index is -1.27. The number of carbonyl (C=O) groups is 2. The molecule has 1 atom stereocenters. The number of halogens is 1. The van der Waals surface area contributed by atoms with Gasteiger partial charge in [0.05, 0.1) is 11.0 Å². The molecule has 4 rings (SSSR count). The maximum atomic E-state index is 13.5. The Bertz CT molecular complexity index is 1320. The van der Waals surface area contributed by atoms with E-state index in [1.54, 1.807) is 29.3 Å². The Balaban J connectivity index is 1.84. The molecule has 0 spiro atoms. The van der Waals surface area contributed by atoms with Gasteiger partial charge in [-0.05, 0) is 42.2 Å². The molecule has 1 aromatic carbocycles. The van der Waals surface area contributed by atoms with E-state index in [0.29, 0.717) is 37.0 Å². The Morgan fingerprint density at radius 2 is 1.97 bits per heavy atom. The van der Waals surface area contributed by atoms with Crippen LogP contribution in [0.25, 0.3) is 11.0 Å². The highest BCUT2D eigenvalue weighted by molar-refractivity contribution is 5.98. The van der Waals surface area contributed by atoms with Crippen LogP contribution in [0.1, 0.15) is 39.9 Å². The van der Waals surface area contributed by atoms with Crippen molar-refractivity contribution in [3.63, 3.8) is 0 Å². The second-order valence-corrected chi connectivity index (χ2v) is 8.57. The summed E-state index contributed by atoms with van der Waals surface area (Å²) in [7, 11) is 1.30. The number of benzene rings is 1. The molecule has 0 aliphatic carbocycles. The van der Waals surface area contributed by atoms with Crippen LogP contribution in [-0.2, 0) is 28.9 Å². The standard InChI is InChI=1S/C25H27FN4O5/c1-35-21(32)13-18-22(24(27)33)25(34)30(10-9-29-8-2-3-20(29)31)19-12-16(14-28-23(18)19)11-15-4-6-17(26)7-5-15/h4-7,12,14,21,32H,2-3,8-11,13H2,1H3,(H2,27,33). The number of amides is 2. The Kier molecular flexibility index (Phi) is 7.23. The number of ether oxygens (including phenoxy) is 1. The minimum Gasteiger partial charge on any atom is -0.368 e. The van der Waals surface area contributed by atoms with Crippen LogP contribution in [0, 0.1) is 5.82 Å². The van der Waals surface area contributed by atoms with Gasteiger partial charge in [0.25, 0.3) is 11.5 Å². The third kappa shape index (κ3) is 5.23. The van der Waals surface area contributed by atoms with Crippen molar-refractivity contribution in [2.45, 2.75) is 38.5 Å². The summed E-state index contributed by atoms with van der Waals surface area (Å²) in [6, 6.07) is 7.86. The zero-order valence-electron chi connectivity index (χ0n) is 19.4. The summed E-state index contributed by atoms with van der Waals surface area (Å²) in [5, 5.41) is 10.1. The molecule has 2 aromatic heterocycles. The minimum absolute atomic E-state index is 0.0208. The highest BCUT2D eigenvalue weighted by Crippen LogP contribution is 2.23. The third-order valence-corrected chi connectivity index (χ3v) is 6.25. The predicted molar refractivity (Wildman–Crippen MR) is 126 cm³/mol. The van der Waals surface area contributed by atoms with Crippen LogP contribution in [-0.4, -0.2) is 57.9 Å². The van der Waals surface area contributed by atoms with E-state index in [4.69, 9.17) is 10.5 Å². The topological polar surface area (TPSA) is 128 Å². The van der Waals surface area contributed by atoms with Gasteiger partial charge in [0.15, 0.2) is 6.29 Å². The summed E-state index contributed by atoms with van der Waals surface area (Å²) in [5.41, 5.74) is 7.31. The molecule has 35 heavy (non-hydrogen) atoms. The summed E-state index contributed by atoms with van der Waals surface area (Å²) in [6.45, 7) is 1.06. The van der Waals surface area contributed by atoms with Gasteiger partial charge in [-0.1, -0.05) is 12.1 Å². The fourth-order valence-electron chi connectivity index (χ4n) is 4.45. The predicted octanol–water partition coefficient (Wildman–Crippen LogP) is 1.35. The smallest absolute Gasteiger partial charge is 0.264 e. The highest BCUT2D eigenvalue weighted by Gasteiger charge is 2.25. The van der Waals surface area contributed by atoms with Crippen LogP contribution in [0.5, 0.6) is 0 Å². The van der Waals surface area contributed by atoms with Crippen LogP contribution >= 0.6 is 0 Å². The van der Waals surface area contributed by atoms with Crippen molar-refractivity contribution in [3.8, 4) is 0 Å². The summed E-state index contributed by atoms with van der Waals surface area (Å²) in [5.74, 6) is -1.25. The van der Waals surface area contributed by atoms with Gasteiger partial charge in [-0.3, -0.25) is 19.4 Å². The average molecular weight is 483 g/mol. The summed E-state index contributed by atoms with van der Waals surface area (Å²) >= 11 is 0. The lowest BCUT2D eigenvalue weighted by Gasteiger charge is -2.21. The van der Waals surface area contributed by atoms with E-state index in [1.165, 1.54) is 23.8 Å². The zero-order chi connectivity index (χ0) is 25.1. The molecule has 3 aromatic rings. The molecule has 1 saturated heterocycles. The summed E-state index contributed by atoms with van der Waals surface area (Å²) < 4.78 is 19.7. The lowest BCUT2D eigenvalue weighted by molar-refractivity contribution is -0.127. The molecule has 3 heterocycles. The Morgan fingerprint density at radius 1 is 1.23 bits per heavy atom. The molecule has 10 heteroatoms. The summed E-state index contributed by atoms with van der Waals surface area (Å²) in [4.78, 5) is 44.1. The Hall–Kier alpha value is -3.63. The molecule has 0 saturated carbocycles. The number of fused-ring (bicyclic) bond motifs is 1. The maximum Gasteiger partial charge on any atom is 0.264 e. The van der Waals surface area contributed by atoms with Crippen molar-refractivity contribution in [1.82, 2.24) is 14.5 Å². The molecule has 9 nitrogen and oxygen atoms in total. The van der Waals surface area contributed by atoms with Crippen LogP contribution in [0.4, 0.5) is 4.39 Å². The second-order valence-electron chi connectivity index (χ2n) is 8.57. The fraction of sp³-hybridized carbons (Fsp3) is 0.360. The Morgan fingerprint density at radius 3 is 2.60 bits per heavy atom. The molecule has 1 aliphatic heterocycles. The van der Waals surface area contributed by atoms with Crippen LogP contribution in [0.2, 0.25) is 0 Å². The molecule has 2 amide bonds. The molecule has 3 N–H and O–H groups in total. The van der Waals surface area contributed by atoms with Gasteiger partial charge in [-0.2, -0.15) is 0 Å². The van der Waals surface area contributed by atoms with E-state index in [-0.39, 0.29) is 35.8 Å². The number of aliphatic hydroxyl groups excluding tert-OH is 1. The van der Waals surface area contributed by atoms with Crippen LogP contribution in [0.15, 0.2) is 41.3 Å². The van der Waals surface area contributed by atoms with Crippen molar-refractivity contribution < 1.29 is 23.8 Å². The molecule has 1 aliphatic rings. The molecule has 1 unspecified atom stereocenters. The SMILES string of the molecule is COC(O)Cc1c(C(N)=O)c(=O)n(CCN2CCCC2=O)c2cc(Cc3ccc(F)cc3)cnc12. The lowest BCUT2D eigenvalue weighted by atomic mass is 10.0. The molecule has 0 radical (unpaired) electrons. The van der Waals surface area contributed by atoms with Crippen molar-refractivity contribution >= 4 is 22.8 Å². The average Bonchev–Trinajstić information content (AvgIpc) is 3.24. The van der Waals surface area contributed by atoms with Gasteiger partial charge in [-0.25, -0.2) is 4.39 Å². The van der Waals surface area contributed by atoms with Crippen LogP contribution in [0.3, 0.4) is 0 Å². The van der Waals surface area contributed by atoms with Gasteiger partial charge < -0.3 is 25.0 Å². The van der Waals surface area contributed by atoms with E-state index >= 15 is 0 Å². The van der Waals surface area contributed by atoms with Crippen LogP contribution < -0.4 is 11.3 Å². The number of aliphatic hydroxyl groups is 1. The number of hydrogen-bond donors (Lipinski definition) is 2. The number of nitrogens with zero attached hydrogens (tertiary/aromatic N) is 3. The fourth-order valence-corrected chi connectivity index (χ4v) is 4.45. The van der Waals surface area contributed by atoms with E-state index in [1.807, 2.05) is 0 Å². The van der Waals surface area contributed by atoms with Crippen molar-refractivity contribution in [1.29, 1.82) is 0 Å². The zero-order valence-corrected chi connectivity index (χ0v) is 19.4. The monoisotopic (exact) mass is 482 g/mol. The van der Waals surface area contributed by atoms with Gasteiger partial charge in [0.2, 0.25) is 5.91 Å². The summed E-state index contributed by atoms with van der Waals surface area (Å²) in [6.07, 6.45) is 1.86. The largest absolute Gasteiger partial charge is 0.368 e. The number of methoxy groups -OCH3 is 1. The van der Waals surface area contributed by atoms with Gasteiger partial charge >= 0.3 is 0 Å². The first-order valence-corrected chi connectivity index (χ1v) is 11.4. The first kappa shape index (κ1) is 24.5. The molecule has 184 valence electrons. The second kappa shape index (κ2) is 10.3. The van der Waals surface area contributed by atoms with Gasteiger partial charge in [0, 0.05) is 51.3 Å². The van der Waals surface area contributed by atoms with E-state index in [0.717, 1.165) is 17.5 Å². The van der Waals surface area contributed by atoms with E-state index in [9.17, 15) is 23.9 Å². The number of hydrogen-bond acceptors (Lipinski definition) is 6. The molecule has 0 bridgehead atoms. The molecular formula is C25H27FN4O5. The van der Waals surface area contributed by atoms with E-state index in [2.05, 4.69) is 4.98 Å². The van der Waals surface area contributed by atoms with Crippen molar-refractivity contribution in [2.24, 2.45) is 5.73 Å². The molecular weight excluding hydrogens is 455 g/mol. The van der Waals surface area contributed by atoms with Crippen molar-refractivity contribution in [3.05, 3.63) is 75.0 Å². The molecule has 1 fully saturated rings. The van der Waals surface area contributed by atoms with Gasteiger partial charge in [0.1, 0.15) is 11.4 Å². The highest BCUT2D eigenvalue weighted by atomic mass is 19.1. The number of pyridine rings is 2. The van der Waals surface area contributed by atoms with Gasteiger partial charge in [-0.15, -0.1) is 0 Å². The number of rotatable bonds is 9. The number of nitrogens with two attached hydrogens (primary N) is 1. The maximum absolute atomic E-state index is 13.5. The number of primary amides is 1. The number of likely N-dealkylation sites (tertiary alicyclic amines) is 1. The first-order valence-electron chi connectivity index (χ1n) is 11.4. The first-order chi connectivity index (χ1) is 16.8. The normalized spacial score (nSPS) is 14.6. The Labute approximate surface area is 200 Å². The number of aromatic nitrogens is 2. The lowest BCUT2D eigenvalue weighted by Crippen LogP contribution is -2.36. The third-order valence-electron chi connectivity index (χ3n) is 6.25. The van der Waals surface area contributed by atoms with E-state index < -0.39 is 17.8 Å².